The van der Waals surface area contributed by atoms with Crippen molar-refractivity contribution in [3.63, 3.8) is 0 Å². The Kier molecular flexibility index (Phi) is 3.56. The van der Waals surface area contributed by atoms with Gasteiger partial charge in [-0.15, -0.1) is 0 Å². The highest BCUT2D eigenvalue weighted by Gasteiger charge is 2.22. The average Bonchev–Trinajstić information content (AvgIpc) is 2.32. The van der Waals surface area contributed by atoms with Gasteiger partial charge in [0, 0.05) is 6.04 Å². The van der Waals surface area contributed by atoms with Crippen LogP contribution in [0.15, 0.2) is 6.20 Å². The number of nitrogen functional groups attached to an aromatic ring is 1. The van der Waals surface area contributed by atoms with E-state index in [1.807, 2.05) is 0 Å². The van der Waals surface area contributed by atoms with Crippen molar-refractivity contribution >= 4 is 17.5 Å². The first-order valence-electron chi connectivity index (χ1n) is 5.78. The van der Waals surface area contributed by atoms with Crippen molar-refractivity contribution in [3.8, 4) is 0 Å². The van der Waals surface area contributed by atoms with Gasteiger partial charge in [-0.3, -0.25) is 10.1 Å². The molecule has 3 N–H and O–H groups in total. The van der Waals surface area contributed by atoms with E-state index >= 15 is 0 Å². The van der Waals surface area contributed by atoms with Crippen molar-refractivity contribution in [1.29, 1.82) is 0 Å². The summed E-state index contributed by atoms with van der Waals surface area (Å²) in [5.41, 5.74) is 5.33. The molecule has 2 rings (SSSR count). The van der Waals surface area contributed by atoms with Crippen LogP contribution in [0, 0.1) is 10.1 Å². The van der Waals surface area contributed by atoms with E-state index in [0.29, 0.717) is 0 Å². The molecular weight excluding hydrogens is 236 g/mol. The van der Waals surface area contributed by atoms with E-state index in [9.17, 15) is 10.1 Å². The number of nitro groups is 1. The predicted molar refractivity (Wildman–Crippen MR) is 67.2 cm³/mol. The van der Waals surface area contributed by atoms with Gasteiger partial charge in [-0.1, -0.05) is 0 Å². The lowest BCUT2D eigenvalue weighted by molar-refractivity contribution is -0.384. The number of nitrogens with zero attached hydrogens (tertiary/aromatic N) is 4. The Morgan fingerprint density at radius 1 is 1.56 bits per heavy atom. The second kappa shape index (κ2) is 5.13. The Hall–Kier alpha value is -1.96. The molecule has 1 aliphatic rings. The molecule has 2 heterocycles. The van der Waals surface area contributed by atoms with Crippen molar-refractivity contribution in [2.24, 2.45) is 0 Å². The SMILES string of the molecule is CN1CCC(Nc2nc(N)ncc2[N+](=O)[O-])CC1. The van der Waals surface area contributed by atoms with Gasteiger partial charge in [0.25, 0.3) is 0 Å². The maximum Gasteiger partial charge on any atom is 0.329 e. The third kappa shape index (κ3) is 2.83. The molecule has 0 radical (unpaired) electrons. The molecule has 1 aromatic heterocycles. The largest absolute Gasteiger partial charge is 0.368 e. The quantitative estimate of drug-likeness (QED) is 0.594. The summed E-state index contributed by atoms with van der Waals surface area (Å²) < 4.78 is 0. The minimum atomic E-state index is -0.503. The normalized spacial score (nSPS) is 17.6. The predicted octanol–water partition coefficient (Wildman–Crippen LogP) is 0.473. The molecule has 8 nitrogen and oxygen atoms in total. The van der Waals surface area contributed by atoms with Gasteiger partial charge >= 0.3 is 5.69 Å². The second-order valence-electron chi connectivity index (χ2n) is 4.44. The van der Waals surface area contributed by atoms with E-state index < -0.39 is 4.92 Å². The highest BCUT2D eigenvalue weighted by Crippen LogP contribution is 2.24. The van der Waals surface area contributed by atoms with Crippen LogP contribution < -0.4 is 11.1 Å². The van der Waals surface area contributed by atoms with E-state index in [-0.39, 0.29) is 23.5 Å². The lowest BCUT2D eigenvalue weighted by atomic mass is 10.1. The van der Waals surface area contributed by atoms with Gasteiger partial charge in [-0.2, -0.15) is 4.98 Å². The van der Waals surface area contributed by atoms with Gasteiger partial charge in [-0.05, 0) is 33.0 Å². The van der Waals surface area contributed by atoms with Crippen molar-refractivity contribution in [2.45, 2.75) is 18.9 Å². The molecule has 0 spiro atoms. The summed E-state index contributed by atoms with van der Waals surface area (Å²) in [4.78, 5) is 20.1. The van der Waals surface area contributed by atoms with E-state index in [0.717, 1.165) is 32.1 Å². The Labute approximate surface area is 104 Å². The molecule has 1 aromatic rings. The van der Waals surface area contributed by atoms with Crippen molar-refractivity contribution in [3.05, 3.63) is 16.3 Å². The van der Waals surface area contributed by atoms with Crippen molar-refractivity contribution in [2.75, 3.05) is 31.2 Å². The van der Waals surface area contributed by atoms with Gasteiger partial charge in [0.15, 0.2) is 0 Å². The van der Waals surface area contributed by atoms with Crippen LogP contribution in [0.2, 0.25) is 0 Å². The lowest BCUT2D eigenvalue weighted by Gasteiger charge is -2.29. The number of hydrogen-bond acceptors (Lipinski definition) is 7. The smallest absolute Gasteiger partial charge is 0.329 e. The Morgan fingerprint density at radius 3 is 2.83 bits per heavy atom. The van der Waals surface area contributed by atoms with Crippen LogP contribution in [0.1, 0.15) is 12.8 Å². The number of nitrogens with one attached hydrogen (secondary N) is 1. The summed E-state index contributed by atoms with van der Waals surface area (Å²) in [7, 11) is 2.06. The second-order valence-corrected chi connectivity index (χ2v) is 4.44. The van der Waals surface area contributed by atoms with E-state index in [2.05, 4.69) is 27.2 Å². The third-order valence-electron chi connectivity index (χ3n) is 3.04. The molecular formula is C10H16N6O2. The molecule has 1 fully saturated rings. The summed E-state index contributed by atoms with van der Waals surface area (Å²) in [5, 5.41) is 14.0. The van der Waals surface area contributed by atoms with Gasteiger partial charge in [0.1, 0.15) is 6.20 Å². The molecule has 0 saturated carbocycles. The molecule has 0 atom stereocenters. The van der Waals surface area contributed by atoms with Gasteiger partial charge in [0.05, 0.1) is 4.92 Å². The van der Waals surface area contributed by atoms with Crippen LogP contribution in [-0.4, -0.2) is 46.0 Å². The molecule has 18 heavy (non-hydrogen) atoms. The monoisotopic (exact) mass is 252 g/mol. The van der Waals surface area contributed by atoms with Crippen molar-refractivity contribution in [1.82, 2.24) is 14.9 Å². The fourth-order valence-corrected chi connectivity index (χ4v) is 1.98. The van der Waals surface area contributed by atoms with Gasteiger partial charge < -0.3 is 16.0 Å². The third-order valence-corrected chi connectivity index (χ3v) is 3.04. The maximum atomic E-state index is 10.9. The number of nitrogens with two attached hydrogens (primary N) is 1. The number of likely N-dealkylation sites (tertiary alicyclic amines) is 1. The first kappa shape index (κ1) is 12.5. The number of hydrogen-bond donors (Lipinski definition) is 2. The van der Waals surface area contributed by atoms with E-state index in [4.69, 9.17) is 5.73 Å². The molecule has 0 aliphatic carbocycles. The zero-order valence-electron chi connectivity index (χ0n) is 10.2. The summed E-state index contributed by atoms with van der Waals surface area (Å²) >= 11 is 0. The van der Waals surface area contributed by atoms with Crippen LogP contribution >= 0.6 is 0 Å². The molecule has 98 valence electrons. The number of aromatic nitrogens is 2. The fourth-order valence-electron chi connectivity index (χ4n) is 1.98. The zero-order chi connectivity index (χ0) is 13.1. The van der Waals surface area contributed by atoms with Gasteiger partial charge in [-0.25, -0.2) is 4.98 Å². The fraction of sp³-hybridized carbons (Fsp3) is 0.600. The van der Waals surface area contributed by atoms with Crippen LogP contribution in [0.4, 0.5) is 17.5 Å². The van der Waals surface area contributed by atoms with Gasteiger partial charge in [0.2, 0.25) is 11.8 Å². The van der Waals surface area contributed by atoms with Crippen molar-refractivity contribution < 1.29 is 4.92 Å². The van der Waals surface area contributed by atoms with E-state index in [1.54, 1.807) is 0 Å². The Morgan fingerprint density at radius 2 is 2.22 bits per heavy atom. The standard InChI is InChI=1S/C10H16N6O2/c1-15-4-2-7(3-5-15)13-9-8(16(17)18)6-12-10(11)14-9/h6-7H,2-5H2,1H3,(H3,11,12,13,14). The molecule has 8 heteroatoms. The molecule has 1 aliphatic heterocycles. The zero-order valence-corrected chi connectivity index (χ0v) is 10.2. The lowest BCUT2D eigenvalue weighted by Crippen LogP contribution is -2.37. The minimum absolute atomic E-state index is 0.0380. The summed E-state index contributed by atoms with van der Waals surface area (Å²) in [6.45, 7) is 1.93. The molecule has 0 unspecified atom stereocenters. The molecule has 0 amide bonds. The number of piperidine rings is 1. The average molecular weight is 252 g/mol. The van der Waals surface area contributed by atoms with Crippen LogP contribution in [-0.2, 0) is 0 Å². The molecule has 0 aromatic carbocycles. The molecule has 1 saturated heterocycles. The summed E-state index contributed by atoms with van der Waals surface area (Å²) in [6, 6.07) is 0.189. The Bertz CT molecular complexity index is 444. The summed E-state index contributed by atoms with van der Waals surface area (Å²) in [5.74, 6) is 0.248. The van der Waals surface area contributed by atoms with Crippen LogP contribution in [0.5, 0.6) is 0 Å². The van der Waals surface area contributed by atoms with Crippen LogP contribution in [0.3, 0.4) is 0 Å². The number of rotatable bonds is 3. The summed E-state index contributed by atoms with van der Waals surface area (Å²) in [6.07, 6.45) is 2.99. The first-order chi connectivity index (χ1) is 8.56. The first-order valence-corrected chi connectivity index (χ1v) is 5.78. The Balaban J connectivity index is 2.12. The highest BCUT2D eigenvalue weighted by molar-refractivity contribution is 5.56. The molecule has 0 bridgehead atoms. The highest BCUT2D eigenvalue weighted by atomic mass is 16.6. The van der Waals surface area contributed by atoms with Crippen LogP contribution in [0.25, 0.3) is 0 Å². The topological polar surface area (TPSA) is 110 Å². The minimum Gasteiger partial charge on any atom is -0.368 e. The number of anilines is 2. The maximum absolute atomic E-state index is 10.9. The van der Waals surface area contributed by atoms with E-state index in [1.165, 1.54) is 0 Å².